The van der Waals surface area contributed by atoms with E-state index in [0.29, 0.717) is 6.54 Å². The third-order valence-corrected chi connectivity index (χ3v) is 4.98. The molecule has 6 heteroatoms. The van der Waals surface area contributed by atoms with Crippen LogP contribution in [0.3, 0.4) is 0 Å². The van der Waals surface area contributed by atoms with Gasteiger partial charge in [0, 0.05) is 35.2 Å². The minimum absolute atomic E-state index is 0.0785. The molecule has 0 aliphatic carbocycles. The van der Waals surface area contributed by atoms with Crippen LogP contribution in [0.5, 0.6) is 0 Å². The lowest BCUT2D eigenvalue weighted by Crippen LogP contribution is -2.39. The summed E-state index contributed by atoms with van der Waals surface area (Å²) in [5, 5.41) is 8.60. The Bertz CT molecular complexity index is 891. The van der Waals surface area contributed by atoms with Gasteiger partial charge in [-0.15, -0.1) is 10.2 Å². The molecule has 24 heavy (non-hydrogen) atoms. The van der Waals surface area contributed by atoms with Gasteiger partial charge in [-0.2, -0.15) is 0 Å². The van der Waals surface area contributed by atoms with Gasteiger partial charge in [0.15, 0.2) is 5.65 Å². The van der Waals surface area contributed by atoms with Crippen molar-refractivity contribution in [3.05, 3.63) is 64.5 Å². The number of likely N-dealkylation sites (tertiary alicyclic amines) is 1. The van der Waals surface area contributed by atoms with Gasteiger partial charge >= 0.3 is 0 Å². The molecule has 0 unspecified atom stereocenters. The third kappa shape index (κ3) is 2.82. The number of benzene rings is 1. The molecule has 1 aliphatic heterocycles. The van der Waals surface area contributed by atoms with Crippen LogP contribution in [0, 0.1) is 0 Å². The van der Waals surface area contributed by atoms with E-state index in [1.54, 1.807) is 0 Å². The van der Waals surface area contributed by atoms with Crippen molar-refractivity contribution in [2.75, 3.05) is 13.1 Å². The number of carbonyl (C=O) groups excluding carboxylic acids is 1. The van der Waals surface area contributed by atoms with Crippen LogP contribution >= 0.6 is 15.9 Å². The van der Waals surface area contributed by atoms with E-state index in [0.717, 1.165) is 40.9 Å². The average Bonchev–Trinajstić information content (AvgIpc) is 3.05. The van der Waals surface area contributed by atoms with E-state index >= 15 is 0 Å². The van der Waals surface area contributed by atoms with Crippen molar-refractivity contribution in [2.45, 2.75) is 18.8 Å². The van der Waals surface area contributed by atoms with Gasteiger partial charge in [-0.1, -0.05) is 28.1 Å². The van der Waals surface area contributed by atoms with Gasteiger partial charge in [-0.05, 0) is 43.2 Å². The molecule has 0 radical (unpaired) electrons. The summed E-state index contributed by atoms with van der Waals surface area (Å²) < 4.78 is 2.95. The monoisotopic (exact) mass is 384 g/mol. The first-order valence-electron chi connectivity index (χ1n) is 8.07. The largest absolute Gasteiger partial charge is 0.338 e. The fourth-order valence-corrected chi connectivity index (χ4v) is 3.71. The van der Waals surface area contributed by atoms with Crippen molar-refractivity contribution in [3.8, 4) is 0 Å². The lowest BCUT2D eigenvalue weighted by Gasteiger charge is -2.32. The SMILES string of the molecule is O=C(c1cccc(Br)c1)N1CCC[C@@H](c2nnc3ccccn23)C1. The van der Waals surface area contributed by atoms with Crippen LogP contribution < -0.4 is 0 Å². The molecule has 0 saturated carbocycles. The van der Waals surface area contributed by atoms with E-state index in [1.807, 2.05) is 58.0 Å². The van der Waals surface area contributed by atoms with Gasteiger partial charge in [0.25, 0.3) is 5.91 Å². The van der Waals surface area contributed by atoms with Gasteiger partial charge < -0.3 is 4.90 Å². The first-order valence-corrected chi connectivity index (χ1v) is 8.86. The number of hydrogen-bond donors (Lipinski definition) is 0. The zero-order chi connectivity index (χ0) is 16.5. The second-order valence-electron chi connectivity index (χ2n) is 6.09. The number of nitrogens with zero attached hydrogens (tertiary/aromatic N) is 4. The summed E-state index contributed by atoms with van der Waals surface area (Å²) in [6.45, 7) is 1.47. The number of piperidine rings is 1. The highest BCUT2D eigenvalue weighted by Crippen LogP contribution is 2.27. The van der Waals surface area contributed by atoms with Crippen molar-refractivity contribution in [1.82, 2.24) is 19.5 Å². The normalized spacial score (nSPS) is 18.0. The molecule has 1 atom stereocenters. The molecule has 0 spiro atoms. The van der Waals surface area contributed by atoms with E-state index in [9.17, 15) is 4.79 Å². The quantitative estimate of drug-likeness (QED) is 0.679. The molecule has 1 amide bonds. The number of amides is 1. The maximum absolute atomic E-state index is 12.8. The Kier molecular flexibility index (Phi) is 4.06. The number of aromatic nitrogens is 3. The molecule has 1 aromatic carbocycles. The van der Waals surface area contributed by atoms with Gasteiger partial charge in [-0.25, -0.2) is 0 Å². The Hall–Kier alpha value is -2.21. The standard InChI is InChI=1S/C18H17BrN4O/c19-15-7-3-5-13(11-15)18(24)22-9-4-6-14(12-22)17-21-20-16-8-1-2-10-23(16)17/h1-3,5,7-8,10-11,14H,4,6,9,12H2/t14-/m1/s1. The van der Waals surface area contributed by atoms with Crippen LogP contribution in [0.15, 0.2) is 53.1 Å². The number of halogens is 1. The first kappa shape index (κ1) is 15.3. The van der Waals surface area contributed by atoms with Crippen molar-refractivity contribution in [3.63, 3.8) is 0 Å². The average molecular weight is 385 g/mol. The highest BCUT2D eigenvalue weighted by atomic mass is 79.9. The fraction of sp³-hybridized carbons (Fsp3) is 0.278. The van der Waals surface area contributed by atoms with Gasteiger partial charge in [0.05, 0.1) is 0 Å². The topological polar surface area (TPSA) is 50.5 Å². The van der Waals surface area contributed by atoms with Crippen molar-refractivity contribution in [2.24, 2.45) is 0 Å². The first-order chi connectivity index (χ1) is 11.7. The Labute approximate surface area is 148 Å². The maximum atomic E-state index is 12.8. The van der Waals surface area contributed by atoms with E-state index in [2.05, 4.69) is 26.1 Å². The van der Waals surface area contributed by atoms with E-state index in [-0.39, 0.29) is 11.8 Å². The van der Waals surface area contributed by atoms with Crippen LogP contribution in [0.1, 0.15) is 34.9 Å². The summed E-state index contributed by atoms with van der Waals surface area (Å²) in [6.07, 6.45) is 3.99. The number of carbonyl (C=O) groups is 1. The summed E-state index contributed by atoms with van der Waals surface area (Å²) in [5.74, 6) is 1.24. The van der Waals surface area contributed by atoms with Crippen molar-refractivity contribution >= 4 is 27.5 Å². The summed E-state index contributed by atoms with van der Waals surface area (Å²) >= 11 is 3.43. The molecule has 5 nitrogen and oxygen atoms in total. The predicted octanol–water partition coefficient (Wildman–Crippen LogP) is 3.51. The lowest BCUT2D eigenvalue weighted by atomic mass is 9.96. The van der Waals surface area contributed by atoms with E-state index < -0.39 is 0 Å². The molecule has 4 rings (SSSR count). The molecule has 0 N–H and O–H groups in total. The number of fused-ring (bicyclic) bond motifs is 1. The molecule has 3 aromatic rings. The summed E-state index contributed by atoms with van der Waals surface area (Å²) in [5.41, 5.74) is 1.57. The smallest absolute Gasteiger partial charge is 0.253 e. The summed E-state index contributed by atoms with van der Waals surface area (Å²) in [6, 6.07) is 13.4. The van der Waals surface area contributed by atoms with E-state index in [4.69, 9.17) is 0 Å². The number of pyridine rings is 1. The van der Waals surface area contributed by atoms with E-state index in [1.165, 1.54) is 0 Å². The highest BCUT2D eigenvalue weighted by Gasteiger charge is 2.28. The Morgan fingerprint density at radius 3 is 2.96 bits per heavy atom. The number of rotatable bonds is 2. The second-order valence-corrected chi connectivity index (χ2v) is 7.00. The maximum Gasteiger partial charge on any atom is 0.253 e. The second kappa shape index (κ2) is 6.36. The Balaban J connectivity index is 1.59. The molecule has 2 aromatic heterocycles. The molecule has 122 valence electrons. The minimum atomic E-state index is 0.0785. The third-order valence-electron chi connectivity index (χ3n) is 4.49. The molecule has 1 aliphatic rings. The zero-order valence-electron chi connectivity index (χ0n) is 13.1. The zero-order valence-corrected chi connectivity index (χ0v) is 14.7. The summed E-state index contributed by atoms with van der Waals surface area (Å²) in [7, 11) is 0. The van der Waals surface area contributed by atoms with Gasteiger partial charge in [0.1, 0.15) is 5.82 Å². The van der Waals surface area contributed by atoms with Crippen LogP contribution in [0.25, 0.3) is 5.65 Å². The predicted molar refractivity (Wildman–Crippen MR) is 95.0 cm³/mol. The highest BCUT2D eigenvalue weighted by molar-refractivity contribution is 9.10. The fourth-order valence-electron chi connectivity index (χ4n) is 3.31. The molecule has 3 heterocycles. The molecule has 0 bridgehead atoms. The van der Waals surface area contributed by atoms with Crippen LogP contribution in [-0.4, -0.2) is 38.5 Å². The molecular formula is C18H17BrN4O. The molecule has 1 saturated heterocycles. The Morgan fingerprint density at radius 1 is 1.17 bits per heavy atom. The van der Waals surface area contributed by atoms with Crippen molar-refractivity contribution in [1.29, 1.82) is 0 Å². The molecule has 1 fully saturated rings. The summed E-state index contributed by atoms with van der Waals surface area (Å²) in [4.78, 5) is 14.7. The lowest BCUT2D eigenvalue weighted by molar-refractivity contribution is 0.0704. The number of hydrogen-bond acceptors (Lipinski definition) is 3. The van der Waals surface area contributed by atoms with Crippen molar-refractivity contribution < 1.29 is 4.79 Å². The van der Waals surface area contributed by atoms with Crippen LogP contribution in [-0.2, 0) is 0 Å². The van der Waals surface area contributed by atoms with Gasteiger partial charge in [-0.3, -0.25) is 9.20 Å². The van der Waals surface area contributed by atoms with Gasteiger partial charge in [0.2, 0.25) is 0 Å². The van der Waals surface area contributed by atoms with Crippen LogP contribution in [0.2, 0.25) is 0 Å². The van der Waals surface area contributed by atoms with Crippen LogP contribution in [0.4, 0.5) is 0 Å². The Morgan fingerprint density at radius 2 is 2.08 bits per heavy atom. The molecular weight excluding hydrogens is 368 g/mol. The minimum Gasteiger partial charge on any atom is -0.338 e.